The van der Waals surface area contributed by atoms with Crippen molar-refractivity contribution >= 4 is 17.4 Å². The molecule has 33 heavy (non-hydrogen) atoms. The van der Waals surface area contributed by atoms with Crippen LogP contribution in [0.25, 0.3) is 0 Å². The Morgan fingerprint density at radius 1 is 0.909 bits per heavy atom. The van der Waals surface area contributed by atoms with Gasteiger partial charge in [-0.3, -0.25) is 9.59 Å². The van der Waals surface area contributed by atoms with Gasteiger partial charge in [0.25, 0.3) is 5.91 Å². The number of amides is 1. The van der Waals surface area contributed by atoms with E-state index in [9.17, 15) is 9.59 Å². The summed E-state index contributed by atoms with van der Waals surface area (Å²) in [6.07, 6.45) is 0.749. The summed E-state index contributed by atoms with van der Waals surface area (Å²) in [5.74, 6) is -0.193. The summed E-state index contributed by atoms with van der Waals surface area (Å²) in [5, 5.41) is 6.41. The van der Waals surface area contributed by atoms with Gasteiger partial charge in [-0.1, -0.05) is 66.7 Å². The van der Waals surface area contributed by atoms with Gasteiger partial charge < -0.3 is 15.5 Å². The number of hydrogen-bond acceptors (Lipinski definition) is 4. The third-order valence-corrected chi connectivity index (χ3v) is 6.18. The van der Waals surface area contributed by atoms with Crippen LogP contribution in [-0.4, -0.2) is 43.9 Å². The Bertz CT molecular complexity index is 1090. The predicted octanol–water partition coefficient (Wildman–Crippen LogP) is 3.56. The van der Waals surface area contributed by atoms with Gasteiger partial charge in [0.2, 0.25) is 0 Å². The Morgan fingerprint density at radius 3 is 2.33 bits per heavy atom. The topological polar surface area (TPSA) is 61.4 Å². The summed E-state index contributed by atoms with van der Waals surface area (Å²) in [4.78, 5) is 28.9. The highest BCUT2D eigenvalue weighted by molar-refractivity contribution is 5.99. The van der Waals surface area contributed by atoms with Crippen molar-refractivity contribution < 1.29 is 9.59 Å². The number of ketones is 1. The second-order valence-corrected chi connectivity index (χ2v) is 8.54. The molecule has 2 N–H and O–H groups in total. The smallest absolute Gasteiger partial charge is 0.252 e. The Morgan fingerprint density at radius 2 is 1.58 bits per heavy atom. The first-order valence-electron chi connectivity index (χ1n) is 11.6. The lowest BCUT2D eigenvalue weighted by atomic mass is 9.96. The Kier molecular flexibility index (Phi) is 7.53. The summed E-state index contributed by atoms with van der Waals surface area (Å²) in [7, 11) is 0. The molecule has 0 saturated carbocycles. The van der Waals surface area contributed by atoms with Crippen molar-refractivity contribution in [2.45, 2.75) is 25.8 Å². The molecule has 4 rings (SSSR count). The first-order valence-corrected chi connectivity index (χ1v) is 11.6. The number of carbonyl (C=O) groups excluding carboxylic acids is 2. The van der Waals surface area contributed by atoms with Crippen LogP contribution >= 0.6 is 0 Å². The molecule has 1 fully saturated rings. The molecule has 3 aromatic carbocycles. The zero-order valence-corrected chi connectivity index (χ0v) is 19.1. The first kappa shape index (κ1) is 22.7. The number of piperazine rings is 1. The van der Waals surface area contributed by atoms with Crippen molar-refractivity contribution in [3.8, 4) is 0 Å². The number of carbonyl (C=O) groups is 2. The molecule has 3 aromatic rings. The summed E-state index contributed by atoms with van der Waals surface area (Å²) >= 11 is 0. The number of nitrogens with one attached hydrogen (secondary N) is 2. The van der Waals surface area contributed by atoms with Crippen molar-refractivity contribution in [2.75, 3.05) is 31.1 Å². The molecule has 1 aliphatic heterocycles. The highest BCUT2D eigenvalue weighted by Crippen LogP contribution is 2.22. The Hall–Kier alpha value is -3.44. The van der Waals surface area contributed by atoms with Gasteiger partial charge in [-0.05, 0) is 42.2 Å². The van der Waals surface area contributed by atoms with E-state index in [0.29, 0.717) is 12.0 Å². The molecule has 0 spiro atoms. The molecule has 1 heterocycles. The molecular weight excluding hydrogens is 410 g/mol. The van der Waals surface area contributed by atoms with Crippen LogP contribution in [0, 0.1) is 6.92 Å². The minimum absolute atomic E-state index is 0.0170. The molecule has 5 nitrogen and oxygen atoms in total. The zero-order valence-electron chi connectivity index (χ0n) is 19.1. The number of rotatable bonds is 8. The maximum Gasteiger partial charge on any atom is 0.252 e. The van der Waals surface area contributed by atoms with E-state index in [0.717, 1.165) is 48.6 Å². The van der Waals surface area contributed by atoms with E-state index in [1.807, 2.05) is 73.7 Å². The third kappa shape index (κ3) is 5.88. The van der Waals surface area contributed by atoms with Crippen molar-refractivity contribution in [2.24, 2.45) is 0 Å². The van der Waals surface area contributed by atoms with Gasteiger partial charge in [-0.15, -0.1) is 0 Å². The van der Waals surface area contributed by atoms with Gasteiger partial charge >= 0.3 is 0 Å². The van der Waals surface area contributed by atoms with Crippen LogP contribution in [0.15, 0.2) is 78.9 Å². The second kappa shape index (κ2) is 10.9. The summed E-state index contributed by atoms with van der Waals surface area (Å²) in [5.41, 5.74) is 4.63. The fourth-order valence-electron chi connectivity index (χ4n) is 4.34. The van der Waals surface area contributed by atoms with E-state index >= 15 is 0 Å². The van der Waals surface area contributed by atoms with E-state index in [2.05, 4.69) is 21.6 Å². The minimum atomic E-state index is -0.601. The van der Waals surface area contributed by atoms with Gasteiger partial charge in [0.05, 0.1) is 6.04 Å². The molecule has 1 unspecified atom stereocenters. The van der Waals surface area contributed by atoms with E-state index in [1.54, 1.807) is 6.07 Å². The predicted molar refractivity (Wildman–Crippen MR) is 133 cm³/mol. The molecule has 0 bridgehead atoms. The molecule has 1 saturated heterocycles. The number of hydrogen-bond donors (Lipinski definition) is 2. The maximum absolute atomic E-state index is 13.6. The van der Waals surface area contributed by atoms with Crippen LogP contribution in [0.4, 0.5) is 5.69 Å². The quantitative estimate of drug-likeness (QED) is 0.561. The van der Waals surface area contributed by atoms with Crippen molar-refractivity contribution in [3.63, 3.8) is 0 Å². The molecule has 170 valence electrons. The van der Waals surface area contributed by atoms with Gasteiger partial charge in [-0.25, -0.2) is 0 Å². The lowest BCUT2D eigenvalue weighted by Gasteiger charge is -2.31. The Labute approximate surface area is 195 Å². The maximum atomic E-state index is 13.6. The summed E-state index contributed by atoms with van der Waals surface area (Å²) in [6.45, 7) is 5.62. The molecule has 0 aliphatic carbocycles. The van der Waals surface area contributed by atoms with Crippen LogP contribution in [0.2, 0.25) is 0 Å². The lowest BCUT2D eigenvalue weighted by molar-refractivity contribution is -0.120. The number of Topliss-reactive ketones (excluding diaryl/α,β-unsaturated/α-hetero) is 1. The number of anilines is 1. The monoisotopic (exact) mass is 441 g/mol. The summed E-state index contributed by atoms with van der Waals surface area (Å²) in [6, 6.07) is 24.8. The molecule has 5 heteroatoms. The van der Waals surface area contributed by atoms with Gasteiger partial charge in [-0.2, -0.15) is 0 Å². The van der Waals surface area contributed by atoms with E-state index in [-0.39, 0.29) is 18.1 Å². The number of nitrogens with zero attached hydrogens (tertiary/aromatic N) is 1. The number of benzene rings is 3. The average molecular weight is 442 g/mol. The van der Waals surface area contributed by atoms with Crippen molar-refractivity contribution in [1.82, 2.24) is 10.6 Å². The van der Waals surface area contributed by atoms with Crippen molar-refractivity contribution in [1.29, 1.82) is 0 Å². The zero-order chi connectivity index (χ0) is 23.0. The highest BCUT2D eigenvalue weighted by Gasteiger charge is 2.24. The summed E-state index contributed by atoms with van der Waals surface area (Å²) < 4.78 is 0. The van der Waals surface area contributed by atoms with Crippen LogP contribution < -0.4 is 15.5 Å². The highest BCUT2D eigenvalue weighted by atomic mass is 16.2. The van der Waals surface area contributed by atoms with Crippen LogP contribution in [0.5, 0.6) is 0 Å². The molecule has 0 aromatic heterocycles. The first-order chi connectivity index (χ1) is 16.1. The number of aryl methyl sites for hydroxylation is 1. The average Bonchev–Trinajstić information content (AvgIpc) is 2.85. The van der Waals surface area contributed by atoms with Gasteiger partial charge in [0.1, 0.15) is 0 Å². The van der Waals surface area contributed by atoms with Crippen LogP contribution in [0.3, 0.4) is 0 Å². The fourth-order valence-corrected chi connectivity index (χ4v) is 4.34. The third-order valence-electron chi connectivity index (χ3n) is 6.18. The SMILES string of the molecule is Cc1ccccc1C(=O)NC(Cc1ccccc1)C(=O)Cc1ccccc1N1CCNCC1. The second-order valence-electron chi connectivity index (χ2n) is 8.54. The lowest BCUT2D eigenvalue weighted by Crippen LogP contribution is -2.45. The fraction of sp³-hybridized carbons (Fsp3) is 0.286. The van der Waals surface area contributed by atoms with Crippen LogP contribution in [0.1, 0.15) is 27.0 Å². The normalized spacial score (nSPS) is 14.5. The van der Waals surface area contributed by atoms with Crippen LogP contribution in [-0.2, 0) is 17.6 Å². The largest absolute Gasteiger partial charge is 0.369 e. The number of para-hydroxylation sites is 1. The van der Waals surface area contributed by atoms with Gasteiger partial charge in [0, 0.05) is 43.9 Å². The van der Waals surface area contributed by atoms with Gasteiger partial charge in [0.15, 0.2) is 5.78 Å². The molecule has 1 amide bonds. The molecular formula is C28H31N3O2. The minimum Gasteiger partial charge on any atom is -0.369 e. The molecule has 0 radical (unpaired) electrons. The van der Waals surface area contributed by atoms with E-state index < -0.39 is 6.04 Å². The Balaban J connectivity index is 1.56. The van der Waals surface area contributed by atoms with E-state index in [4.69, 9.17) is 0 Å². The van der Waals surface area contributed by atoms with E-state index in [1.165, 1.54) is 0 Å². The molecule has 1 aliphatic rings. The van der Waals surface area contributed by atoms with Crippen molar-refractivity contribution in [3.05, 3.63) is 101 Å². The molecule has 1 atom stereocenters. The standard InChI is InChI=1S/C28H31N3O2/c1-21-9-5-7-13-24(21)28(33)30-25(19-22-10-3-2-4-11-22)27(32)20-23-12-6-8-14-26(23)31-17-15-29-16-18-31/h2-14,25,29H,15-20H2,1H3,(H,30,33).